The van der Waals surface area contributed by atoms with Crippen molar-refractivity contribution >= 4 is 21.4 Å². The van der Waals surface area contributed by atoms with Gasteiger partial charge in [0.1, 0.15) is 11.5 Å². The number of benzene rings is 2. The van der Waals surface area contributed by atoms with Gasteiger partial charge < -0.3 is 10.1 Å². The van der Waals surface area contributed by atoms with Crippen LogP contribution in [-0.4, -0.2) is 43.9 Å². The van der Waals surface area contributed by atoms with Gasteiger partial charge in [-0.05, 0) is 36.8 Å². The molecule has 150 valence electrons. The summed E-state index contributed by atoms with van der Waals surface area (Å²) < 4.78 is 45.0. The van der Waals surface area contributed by atoms with Crippen molar-refractivity contribution in [1.29, 1.82) is 0 Å². The highest BCUT2D eigenvalue weighted by atomic mass is 32.2. The fourth-order valence-corrected chi connectivity index (χ4v) is 4.38. The molecule has 0 amide bonds. The normalized spacial score (nSPS) is 16.5. The van der Waals surface area contributed by atoms with E-state index in [9.17, 15) is 22.9 Å². The van der Waals surface area contributed by atoms with Gasteiger partial charge in [-0.2, -0.15) is 4.31 Å². The van der Waals surface area contributed by atoms with E-state index < -0.39 is 14.9 Å². The highest BCUT2D eigenvalue weighted by Gasteiger charge is 2.29. The zero-order valence-electron chi connectivity index (χ0n) is 15.2. The molecular weight excluding hydrogens is 389 g/mol. The Hall–Kier alpha value is -2.56. The Bertz CT molecular complexity index is 960. The average Bonchev–Trinajstić information content (AvgIpc) is 2.69. The molecule has 1 saturated heterocycles. The largest absolute Gasteiger partial charge is 0.379 e. The number of nitro benzene ring substituents is 1. The minimum Gasteiger partial charge on any atom is -0.379 e. The van der Waals surface area contributed by atoms with Gasteiger partial charge in [-0.25, -0.2) is 12.8 Å². The Kier molecular flexibility index (Phi) is 5.92. The molecule has 10 heteroatoms. The smallest absolute Gasteiger partial charge is 0.293 e. The van der Waals surface area contributed by atoms with Crippen molar-refractivity contribution in [2.24, 2.45) is 0 Å². The topological polar surface area (TPSA) is 102 Å². The molecule has 8 nitrogen and oxygen atoms in total. The highest BCUT2D eigenvalue weighted by Crippen LogP contribution is 2.32. The summed E-state index contributed by atoms with van der Waals surface area (Å²) in [4.78, 5) is 10.8. The SMILES string of the molecule is CC(Nc1ccc(S(=O)(=O)N2CCOCC2)cc1[N+](=O)[O-])c1ccc(F)cc1. The van der Waals surface area contributed by atoms with Gasteiger partial charge in [0.15, 0.2) is 0 Å². The number of hydrogen-bond acceptors (Lipinski definition) is 6. The van der Waals surface area contributed by atoms with E-state index in [0.717, 1.165) is 11.6 Å². The molecule has 28 heavy (non-hydrogen) atoms. The van der Waals surface area contributed by atoms with Crippen LogP contribution in [0.25, 0.3) is 0 Å². The van der Waals surface area contributed by atoms with Crippen molar-refractivity contribution in [2.45, 2.75) is 17.9 Å². The van der Waals surface area contributed by atoms with Gasteiger partial charge >= 0.3 is 0 Å². The van der Waals surface area contributed by atoms with Gasteiger partial charge in [0, 0.05) is 25.2 Å². The van der Waals surface area contributed by atoms with Gasteiger partial charge in [0.25, 0.3) is 5.69 Å². The van der Waals surface area contributed by atoms with E-state index in [4.69, 9.17) is 4.74 Å². The van der Waals surface area contributed by atoms with Gasteiger partial charge in [-0.1, -0.05) is 12.1 Å². The quantitative estimate of drug-likeness (QED) is 0.581. The molecule has 1 unspecified atom stereocenters. The van der Waals surface area contributed by atoms with Gasteiger partial charge in [0.05, 0.1) is 23.0 Å². The van der Waals surface area contributed by atoms with Crippen LogP contribution >= 0.6 is 0 Å². The molecular formula is C18H20FN3O5S. The van der Waals surface area contributed by atoms with Crippen molar-refractivity contribution in [3.63, 3.8) is 0 Å². The van der Waals surface area contributed by atoms with E-state index in [0.29, 0.717) is 0 Å². The third-order valence-electron chi connectivity index (χ3n) is 4.52. The molecule has 0 saturated carbocycles. The van der Waals surface area contributed by atoms with Crippen molar-refractivity contribution in [2.75, 3.05) is 31.6 Å². The molecule has 1 aliphatic rings. The zero-order chi connectivity index (χ0) is 20.3. The summed E-state index contributed by atoms with van der Waals surface area (Å²) in [6, 6.07) is 9.21. The molecule has 0 radical (unpaired) electrons. The summed E-state index contributed by atoms with van der Waals surface area (Å²) >= 11 is 0. The van der Waals surface area contributed by atoms with Crippen LogP contribution in [0.2, 0.25) is 0 Å². The molecule has 2 aromatic carbocycles. The fraction of sp³-hybridized carbons (Fsp3) is 0.333. The van der Waals surface area contributed by atoms with E-state index in [1.54, 1.807) is 19.1 Å². The lowest BCUT2D eigenvalue weighted by Gasteiger charge is -2.26. The lowest BCUT2D eigenvalue weighted by atomic mass is 10.1. The van der Waals surface area contributed by atoms with Gasteiger partial charge in [-0.3, -0.25) is 10.1 Å². The third-order valence-corrected chi connectivity index (χ3v) is 6.41. The molecule has 1 heterocycles. The van der Waals surface area contributed by atoms with E-state index in [-0.39, 0.29) is 54.4 Å². The number of rotatable bonds is 6. The second-order valence-corrected chi connectivity index (χ2v) is 8.31. The summed E-state index contributed by atoms with van der Waals surface area (Å²) in [5.74, 6) is -0.375. The molecule has 0 spiro atoms. The number of nitrogens with zero attached hydrogens (tertiary/aromatic N) is 2. The Morgan fingerprint density at radius 3 is 2.43 bits per heavy atom. The number of halogens is 1. The van der Waals surface area contributed by atoms with E-state index >= 15 is 0 Å². The standard InChI is InChI=1S/C18H20FN3O5S/c1-13(14-2-4-15(19)5-3-14)20-17-7-6-16(12-18(17)22(23)24)28(25,26)21-8-10-27-11-9-21/h2-7,12-13,20H,8-11H2,1H3. The van der Waals surface area contributed by atoms with Crippen molar-refractivity contribution < 1.29 is 22.5 Å². The number of anilines is 1. The van der Waals surface area contributed by atoms with Crippen LogP contribution in [0.1, 0.15) is 18.5 Å². The molecule has 1 N–H and O–H groups in total. The van der Waals surface area contributed by atoms with Crippen LogP contribution in [0.3, 0.4) is 0 Å². The Labute approximate surface area is 162 Å². The Balaban J connectivity index is 1.89. The lowest BCUT2D eigenvalue weighted by Crippen LogP contribution is -2.40. The van der Waals surface area contributed by atoms with E-state index in [2.05, 4.69) is 5.32 Å². The maximum atomic E-state index is 13.1. The number of hydrogen-bond donors (Lipinski definition) is 1. The molecule has 0 aliphatic carbocycles. The summed E-state index contributed by atoms with van der Waals surface area (Å²) in [5, 5.41) is 14.5. The molecule has 2 aromatic rings. The molecule has 0 bridgehead atoms. The van der Waals surface area contributed by atoms with Crippen molar-refractivity contribution in [3.8, 4) is 0 Å². The predicted octanol–water partition coefficient (Wildman–Crippen LogP) is 2.93. The highest BCUT2D eigenvalue weighted by molar-refractivity contribution is 7.89. The maximum Gasteiger partial charge on any atom is 0.293 e. The van der Waals surface area contributed by atoms with E-state index in [1.807, 2.05) is 0 Å². The van der Waals surface area contributed by atoms with Gasteiger partial charge in [-0.15, -0.1) is 0 Å². The number of nitro groups is 1. The molecule has 1 atom stereocenters. The molecule has 3 rings (SSSR count). The van der Waals surface area contributed by atoms with Crippen LogP contribution in [0.5, 0.6) is 0 Å². The first-order chi connectivity index (χ1) is 13.3. The van der Waals surface area contributed by atoms with Crippen LogP contribution in [0.15, 0.2) is 47.4 Å². The lowest BCUT2D eigenvalue weighted by molar-refractivity contribution is -0.384. The number of nitrogens with one attached hydrogen (secondary N) is 1. The Morgan fingerprint density at radius 2 is 1.82 bits per heavy atom. The number of ether oxygens (including phenoxy) is 1. The Morgan fingerprint density at radius 1 is 1.18 bits per heavy atom. The first kappa shape index (κ1) is 20.2. The van der Waals surface area contributed by atoms with Crippen LogP contribution in [0, 0.1) is 15.9 Å². The number of morpholine rings is 1. The maximum absolute atomic E-state index is 13.1. The summed E-state index contributed by atoms with van der Waals surface area (Å²) in [6.07, 6.45) is 0. The molecule has 1 aliphatic heterocycles. The third kappa shape index (κ3) is 4.29. The first-order valence-electron chi connectivity index (χ1n) is 8.67. The summed E-state index contributed by atoms with van der Waals surface area (Å²) in [7, 11) is -3.84. The monoisotopic (exact) mass is 409 g/mol. The van der Waals surface area contributed by atoms with Crippen molar-refractivity contribution in [3.05, 3.63) is 64.0 Å². The van der Waals surface area contributed by atoms with Crippen molar-refractivity contribution in [1.82, 2.24) is 4.31 Å². The predicted molar refractivity (Wildman–Crippen MR) is 101 cm³/mol. The summed E-state index contributed by atoms with van der Waals surface area (Å²) in [5.41, 5.74) is 0.576. The van der Waals surface area contributed by atoms with Gasteiger partial charge in [0.2, 0.25) is 10.0 Å². The second-order valence-electron chi connectivity index (χ2n) is 6.37. The fourth-order valence-electron chi connectivity index (χ4n) is 2.95. The molecule has 1 fully saturated rings. The average molecular weight is 409 g/mol. The minimum atomic E-state index is -3.84. The molecule has 0 aromatic heterocycles. The van der Waals surface area contributed by atoms with Crippen LogP contribution in [-0.2, 0) is 14.8 Å². The second kappa shape index (κ2) is 8.21. The van der Waals surface area contributed by atoms with Crippen LogP contribution in [0.4, 0.5) is 15.8 Å². The summed E-state index contributed by atoms with van der Waals surface area (Å²) in [6.45, 7) is 2.76. The first-order valence-corrected chi connectivity index (χ1v) is 10.1. The van der Waals surface area contributed by atoms with E-state index in [1.165, 1.54) is 28.6 Å². The zero-order valence-corrected chi connectivity index (χ0v) is 16.0. The number of sulfonamides is 1. The van der Waals surface area contributed by atoms with Crippen LogP contribution < -0.4 is 5.32 Å². The minimum absolute atomic E-state index is 0.138.